The van der Waals surface area contributed by atoms with Gasteiger partial charge in [0.25, 0.3) is 0 Å². The van der Waals surface area contributed by atoms with Crippen LogP contribution in [0.3, 0.4) is 0 Å². The van der Waals surface area contributed by atoms with Gasteiger partial charge >= 0.3 is 0 Å². The SMILES string of the molecule is CCCNC(=O)CNc1ccc(OC)c(Br)c1. The molecule has 1 aromatic carbocycles. The number of hydrogen-bond acceptors (Lipinski definition) is 3. The molecule has 1 amide bonds. The zero-order valence-electron chi connectivity index (χ0n) is 10.0. The first-order valence-corrected chi connectivity index (χ1v) is 6.30. The summed E-state index contributed by atoms with van der Waals surface area (Å²) in [6, 6.07) is 5.60. The van der Waals surface area contributed by atoms with E-state index in [4.69, 9.17) is 4.74 Å². The molecule has 0 aliphatic rings. The van der Waals surface area contributed by atoms with E-state index in [0.29, 0.717) is 6.54 Å². The normalized spacial score (nSPS) is 9.82. The minimum absolute atomic E-state index is 0.00112. The molecule has 0 saturated carbocycles. The van der Waals surface area contributed by atoms with E-state index in [9.17, 15) is 4.79 Å². The number of amides is 1. The molecule has 1 aromatic rings. The van der Waals surface area contributed by atoms with Crippen LogP contribution in [0.5, 0.6) is 5.75 Å². The molecule has 0 fully saturated rings. The third-order valence-electron chi connectivity index (χ3n) is 2.18. The molecule has 4 nitrogen and oxygen atoms in total. The minimum atomic E-state index is -0.00112. The molecular weight excluding hydrogens is 284 g/mol. The molecule has 94 valence electrons. The fourth-order valence-electron chi connectivity index (χ4n) is 1.29. The number of anilines is 1. The van der Waals surface area contributed by atoms with Crippen LogP contribution in [-0.4, -0.2) is 26.1 Å². The molecule has 0 bridgehead atoms. The molecule has 0 atom stereocenters. The zero-order valence-corrected chi connectivity index (χ0v) is 11.6. The average Bonchev–Trinajstić information content (AvgIpc) is 2.34. The smallest absolute Gasteiger partial charge is 0.239 e. The third-order valence-corrected chi connectivity index (χ3v) is 2.80. The minimum Gasteiger partial charge on any atom is -0.496 e. The summed E-state index contributed by atoms with van der Waals surface area (Å²) in [5.74, 6) is 0.768. The first-order chi connectivity index (χ1) is 8.17. The zero-order chi connectivity index (χ0) is 12.7. The fourth-order valence-corrected chi connectivity index (χ4v) is 1.83. The highest BCUT2D eigenvalue weighted by Gasteiger charge is 2.03. The van der Waals surface area contributed by atoms with Crippen LogP contribution in [0, 0.1) is 0 Å². The van der Waals surface area contributed by atoms with Gasteiger partial charge in [-0.1, -0.05) is 6.92 Å². The van der Waals surface area contributed by atoms with Crippen molar-refractivity contribution in [2.75, 3.05) is 25.5 Å². The van der Waals surface area contributed by atoms with E-state index < -0.39 is 0 Å². The van der Waals surface area contributed by atoms with Crippen LogP contribution in [-0.2, 0) is 4.79 Å². The Morgan fingerprint density at radius 1 is 1.47 bits per heavy atom. The maximum absolute atomic E-state index is 11.4. The Balaban J connectivity index is 2.47. The molecule has 0 saturated heterocycles. The lowest BCUT2D eigenvalue weighted by molar-refractivity contribution is -0.119. The van der Waals surface area contributed by atoms with Crippen LogP contribution in [0.4, 0.5) is 5.69 Å². The van der Waals surface area contributed by atoms with Crippen LogP contribution in [0.15, 0.2) is 22.7 Å². The number of carbonyl (C=O) groups is 1. The number of carbonyl (C=O) groups excluding carboxylic acids is 1. The van der Waals surface area contributed by atoms with Crippen molar-refractivity contribution in [2.24, 2.45) is 0 Å². The molecule has 1 rings (SSSR count). The largest absolute Gasteiger partial charge is 0.496 e. The quantitative estimate of drug-likeness (QED) is 0.848. The highest BCUT2D eigenvalue weighted by atomic mass is 79.9. The van der Waals surface area contributed by atoms with Crippen LogP contribution >= 0.6 is 15.9 Å². The summed E-state index contributed by atoms with van der Waals surface area (Å²) < 4.78 is 5.98. The van der Waals surface area contributed by atoms with E-state index >= 15 is 0 Å². The molecule has 0 heterocycles. The predicted octanol–water partition coefficient (Wildman–Crippen LogP) is 2.40. The molecule has 0 unspecified atom stereocenters. The van der Waals surface area contributed by atoms with Crippen molar-refractivity contribution in [3.05, 3.63) is 22.7 Å². The van der Waals surface area contributed by atoms with Gasteiger partial charge in [-0.25, -0.2) is 0 Å². The van der Waals surface area contributed by atoms with Crippen molar-refractivity contribution < 1.29 is 9.53 Å². The van der Waals surface area contributed by atoms with Crippen molar-refractivity contribution in [1.29, 1.82) is 0 Å². The first kappa shape index (κ1) is 13.8. The van der Waals surface area contributed by atoms with Crippen molar-refractivity contribution in [1.82, 2.24) is 5.32 Å². The summed E-state index contributed by atoms with van der Waals surface area (Å²) >= 11 is 3.39. The van der Waals surface area contributed by atoms with Crippen LogP contribution in [0.25, 0.3) is 0 Å². The van der Waals surface area contributed by atoms with Gasteiger partial charge in [0, 0.05) is 12.2 Å². The summed E-state index contributed by atoms with van der Waals surface area (Å²) in [6.07, 6.45) is 0.944. The highest BCUT2D eigenvalue weighted by molar-refractivity contribution is 9.10. The highest BCUT2D eigenvalue weighted by Crippen LogP contribution is 2.27. The maximum Gasteiger partial charge on any atom is 0.239 e. The Labute approximate surface area is 110 Å². The van der Waals surface area contributed by atoms with Crippen molar-refractivity contribution in [3.8, 4) is 5.75 Å². The maximum atomic E-state index is 11.4. The molecule has 0 aliphatic carbocycles. The van der Waals surface area contributed by atoms with Gasteiger partial charge in [0.1, 0.15) is 5.75 Å². The van der Waals surface area contributed by atoms with Gasteiger partial charge in [-0.05, 0) is 40.5 Å². The average molecular weight is 301 g/mol. The lowest BCUT2D eigenvalue weighted by Gasteiger charge is -2.09. The molecule has 0 aliphatic heterocycles. The number of ether oxygens (including phenoxy) is 1. The summed E-state index contributed by atoms with van der Waals surface area (Å²) in [5, 5.41) is 5.85. The van der Waals surface area contributed by atoms with Gasteiger partial charge in [0.05, 0.1) is 18.1 Å². The second-order valence-corrected chi connectivity index (χ2v) is 4.41. The number of halogens is 1. The summed E-state index contributed by atoms with van der Waals surface area (Å²) in [5.41, 5.74) is 0.879. The second-order valence-electron chi connectivity index (χ2n) is 3.55. The number of hydrogen-bond donors (Lipinski definition) is 2. The summed E-state index contributed by atoms with van der Waals surface area (Å²) in [7, 11) is 1.62. The van der Waals surface area contributed by atoms with Crippen molar-refractivity contribution in [3.63, 3.8) is 0 Å². The Morgan fingerprint density at radius 2 is 2.24 bits per heavy atom. The number of nitrogens with one attached hydrogen (secondary N) is 2. The molecule has 17 heavy (non-hydrogen) atoms. The summed E-state index contributed by atoms with van der Waals surface area (Å²) in [4.78, 5) is 11.4. The van der Waals surface area contributed by atoms with Crippen LogP contribution in [0.1, 0.15) is 13.3 Å². The van der Waals surface area contributed by atoms with Crippen molar-refractivity contribution in [2.45, 2.75) is 13.3 Å². The predicted molar refractivity (Wildman–Crippen MR) is 72.5 cm³/mol. The van der Waals surface area contributed by atoms with E-state index in [1.54, 1.807) is 7.11 Å². The molecule has 0 spiro atoms. The molecule has 5 heteroatoms. The second kappa shape index (κ2) is 7.17. The lowest BCUT2D eigenvalue weighted by Crippen LogP contribution is -2.30. The van der Waals surface area contributed by atoms with E-state index in [1.165, 1.54) is 0 Å². The van der Waals surface area contributed by atoms with Gasteiger partial charge in [0.2, 0.25) is 5.91 Å². The Morgan fingerprint density at radius 3 is 2.82 bits per heavy atom. The standard InChI is InChI=1S/C12H17BrN2O2/c1-3-6-14-12(16)8-15-9-4-5-11(17-2)10(13)7-9/h4-5,7,15H,3,6,8H2,1-2H3,(H,14,16). The van der Waals surface area contributed by atoms with E-state index in [-0.39, 0.29) is 12.5 Å². The Bertz CT molecular complexity index is 383. The molecule has 0 radical (unpaired) electrons. The van der Waals surface area contributed by atoms with Gasteiger partial charge in [-0.15, -0.1) is 0 Å². The molecular formula is C12H17BrN2O2. The lowest BCUT2D eigenvalue weighted by atomic mass is 10.3. The molecule has 2 N–H and O–H groups in total. The van der Waals surface area contributed by atoms with Gasteiger partial charge in [0.15, 0.2) is 0 Å². The van der Waals surface area contributed by atoms with E-state index in [2.05, 4.69) is 26.6 Å². The Hall–Kier alpha value is -1.23. The van der Waals surface area contributed by atoms with Gasteiger partial charge in [-0.3, -0.25) is 4.79 Å². The topological polar surface area (TPSA) is 50.4 Å². The number of methoxy groups -OCH3 is 1. The fraction of sp³-hybridized carbons (Fsp3) is 0.417. The number of rotatable bonds is 6. The van der Waals surface area contributed by atoms with Crippen LogP contribution in [0.2, 0.25) is 0 Å². The van der Waals surface area contributed by atoms with E-state index in [1.807, 2.05) is 25.1 Å². The first-order valence-electron chi connectivity index (χ1n) is 5.51. The van der Waals surface area contributed by atoms with Crippen molar-refractivity contribution >= 4 is 27.5 Å². The van der Waals surface area contributed by atoms with Crippen LogP contribution < -0.4 is 15.4 Å². The monoisotopic (exact) mass is 300 g/mol. The van der Waals surface area contributed by atoms with E-state index in [0.717, 1.165) is 22.3 Å². The third kappa shape index (κ3) is 4.65. The molecule has 0 aromatic heterocycles. The number of benzene rings is 1. The Kier molecular flexibility index (Phi) is 5.83. The summed E-state index contributed by atoms with van der Waals surface area (Å²) in [6.45, 7) is 3.01. The van der Waals surface area contributed by atoms with Gasteiger partial charge < -0.3 is 15.4 Å². The van der Waals surface area contributed by atoms with Gasteiger partial charge in [-0.2, -0.15) is 0 Å².